The third-order valence-corrected chi connectivity index (χ3v) is 2.72. The van der Waals surface area contributed by atoms with Gasteiger partial charge >= 0.3 is 0 Å². The van der Waals surface area contributed by atoms with Crippen LogP contribution in [0.2, 0.25) is 0 Å². The summed E-state index contributed by atoms with van der Waals surface area (Å²) < 4.78 is 11.2. The van der Waals surface area contributed by atoms with Crippen molar-refractivity contribution in [3.05, 3.63) is 35.9 Å². The summed E-state index contributed by atoms with van der Waals surface area (Å²) in [5.74, 6) is 1.44. The first-order valence-corrected chi connectivity index (χ1v) is 6.08. The van der Waals surface area contributed by atoms with E-state index in [-0.39, 0.29) is 0 Å². The summed E-state index contributed by atoms with van der Waals surface area (Å²) in [4.78, 5) is 11.0. The van der Waals surface area contributed by atoms with Crippen molar-refractivity contribution in [2.24, 2.45) is 0 Å². The second kappa shape index (κ2) is 5.54. The van der Waals surface area contributed by atoms with Crippen molar-refractivity contribution in [1.82, 2.24) is 0 Å². The maximum Gasteiger partial charge on any atom is 0.153 e. The van der Waals surface area contributed by atoms with Crippen LogP contribution in [0.15, 0.2) is 30.3 Å². The fourth-order valence-corrected chi connectivity index (χ4v) is 2.00. The van der Waals surface area contributed by atoms with Crippen LogP contribution in [0.4, 0.5) is 0 Å². The van der Waals surface area contributed by atoms with Crippen LogP contribution in [0, 0.1) is 0 Å². The van der Waals surface area contributed by atoms with Gasteiger partial charge in [-0.3, -0.25) is 4.79 Å². The van der Waals surface area contributed by atoms with E-state index in [4.69, 9.17) is 9.47 Å². The van der Waals surface area contributed by atoms with Crippen LogP contribution >= 0.6 is 0 Å². The highest BCUT2D eigenvalue weighted by Crippen LogP contribution is 2.34. The summed E-state index contributed by atoms with van der Waals surface area (Å²) in [6.45, 7) is 4.99. The quantitative estimate of drug-likeness (QED) is 0.756. The number of carbonyl (C=O) groups is 1. The molecule has 2 rings (SSSR count). The normalized spacial score (nSPS) is 10.3. The second-order valence-electron chi connectivity index (χ2n) is 3.82. The van der Waals surface area contributed by atoms with E-state index in [1.54, 1.807) is 6.07 Å². The Balaban J connectivity index is 2.68. The molecule has 2 aromatic rings. The average molecular weight is 244 g/mol. The molecule has 0 spiro atoms. The van der Waals surface area contributed by atoms with Crippen molar-refractivity contribution < 1.29 is 14.3 Å². The van der Waals surface area contributed by atoms with Crippen LogP contribution in [-0.2, 0) is 0 Å². The molecule has 0 bridgehead atoms. The summed E-state index contributed by atoms with van der Waals surface area (Å²) >= 11 is 0. The van der Waals surface area contributed by atoms with Crippen LogP contribution in [0.25, 0.3) is 10.8 Å². The molecule has 0 heterocycles. The highest BCUT2D eigenvalue weighted by atomic mass is 16.5. The Morgan fingerprint density at radius 1 is 1.00 bits per heavy atom. The summed E-state index contributed by atoms with van der Waals surface area (Å²) in [6.07, 6.45) is 0.817. The van der Waals surface area contributed by atoms with Crippen LogP contribution in [0.3, 0.4) is 0 Å². The molecule has 0 aliphatic heterocycles. The zero-order valence-corrected chi connectivity index (χ0v) is 10.6. The van der Waals surface area contributed by atoms with Gasteiger partial charge in [0.15, 0.2) is 6.29 Å². The molecule has 0 aliphatic rings. The molecule has 0 unspecified atom stereocenters. The van der Waals surface area contributed by atoms with Crippen molar-refractivity contribution >= 4 is 17.1 Å². The third-order valence-electron chi connectivity index (χ3n) is 2.72. The molecule has 3 heteroatoms. The van der Waals surface area contributed by atoms with Gasteiger partial charge in [0.1, 0.15) is 11.5 Å². The number of ether oxygens (including phenoxy) is 2. The number of carbonyl (C=O) groups excluding carboxylic acids is 1. The maximum atomic E-state index is 11.0. The predicted octanol–water partition coefficient (Wildman–Crippen LogP) is 3.45. The molecule has 0 aliphatic carbocycles. The molecule has 0 N–H and O–H groups in total. The number of rotatable bonds is 5. The van der Waals surface area contributed by atoms with E-state index >= 15 is 0 Å². The molecule has 0 radical (unpaired) electrons. The monoisotopic (exact) mass is 244 g/mol. The smallest absolute Gasteiger partial charge is 0.153 e. The summed E-state index contributed by atoms with van der Waals surface area (Å²) in [6, 6.07) is 9.43. The predicted molar refractivity (Wildman–Crippen MR) is 71.7 cm³/mol. The standard InChI is InChI=1S/C15H16O3/c1-3-17-14-7-5-6-13-12(14)9-8-11(10-16)15(13)18-4-2/h5-10H,3-4H2,1-2H3. The van der Waals surface area contributed by atoms with Crippen LogP contribution < -0.4 is 9.47 Å². The minimum atomic E-state index is 0.527. The van der Waals surface area contributed by atoms with Crippen LogP contribution in [-0.4, -0.2) is 19.5 Å². The molecule has 94 valence electrons. The molecule has 0 amide bonds. The van der Waals surface area contributed by atoms with Gasteiger partial charge in [0.05, 0.1) is 18.8 Å². The zero-order valence-electron chi connectivity index (χ0n) is 10.6. The van der Waals surface area contributed by atoms with Crippen molar-refractivity contribution in [1.29, 1.82) is 0 Å². The first kappa shape index (κ1) is 12.4. The Hall–Kier alpha value is -2.03. The lowest BCUT2D eigenvalue weighted by molar-refractivity contribution is 0.112. The molecule has 18 heavy (non-hydrogen) atoms. The van der Waals surface area contributed by atoms with Crippen molar-refractivity contribution in [3.8, 4) is 11.5 Å². The molecule has 0 atom stereocenters. The minimum Gasteiger partial charge on any atom is -0.493 e. The zero-order chi connectivity index (χ0) is 13.0. The van der Waals surface area contributed by atoms with Gasteiger partial charge < -0.3 is 9.47 Å². The molecular formula is C15H16O3. The lowest BCUT2D eigenvalue weighted by Gasteiger charge is -2.12. The van der Waals surface area contributed by atoms with Gasteiger partial charge in [-0.25, -0.2) is 0 Å². The molecule has 0 aromatic heterocycles. The average Bonchev–Trinajstić information content (AvgIpc) is 2.40. The van der Waals surface area contributed by atoms with Gasteiger partial charge in [0, 0.05) is 10.8 Å². The van der Waals surface area contributed by atoms with E-state index in [2.05, 4.69) is 0 Å². The Morgan fingerprint density at radius 3 is 2.44 bits per heavy atom. The van der Waals surface area contributed by atoms with Gasteiger partial charge in [-0.15, -0.1) is 0 Å². The van der Waals surface area contributed by atoms with Gasteiger partial charge in [-0.1, -0.05) is 12.1 Å². The summed E-state index contributed by atoms with van der Waals surface area (Å²) in [5.41, 5.74) is 0.568. The first-order valence-electron chi connectivity index (χ1n) is 6.08. The number of hydrogen-bond acceptors (Lipinski definition) is 3. The van der Waals surface area contributed by atoms with Crippen LogP contribution in [0.1, 0.15) is 24.2 Å². The van der Waals surface area contributed by atoms with E-state index < -0.39 is 0 Å². The minimum absolute atomic E-state index is 0.527. The fourth-order valence-electron chi connectivity index (χ4n) is 2.00. The molecular weight excluding hydrogens is 228 g/mol. The van der Waals surface area contributed by atoms with Gasteiger partial charge in [0.2, 0.25) is 0 Å². The van der Waals surface area contributed by atoms with Gasteiger partial charge in [-0.05, 0) is 32.0 Å². The second-order valence-corrected chi connectivity index (χ2v) is 3.82. The van der Waals surface area contributed by atoms with E-state index in [1.165, 1.54) is 0 Å². The fraction of sp³-hybridized carbons (Fsp3) is 0.267. The van der Waals surface area contributed by atoms with Crippen molar-refractivity contribution in [2.75, 3.05) is 13.2 Å². The van der Waals surface area contributed by atoms with E-state index in [0.717, 1.165) is 22.8 Å². The summed E-state index contributed by atoms with van der Waals surface area (Å²) in [7, 11) is 0. The first-order chi connectivity index (χ1) is 8.81. The Bertz CT molecular complexity index is 561. The van der Waals surface area contributed by atoms with Crippen LogP contribution in [0.5, 0.6) is 11.5 Å². The topological polar surface area (TPSA) is 35.5 Å². The Labute approximate surface area is 106 Å². The van der Waals surface area contributed by atoms with E-state index in [1.807, 2.05) is 38.1 Å². The largest absolute Gasteiger partial charge is 0.493 e. The molecule has 0 saturated heterocycles. The molecule has 2 aromatic carbocycles. The van der Waals surface area contributed by atoms with Crippen molar-refractivity contribution in [3.63, 3.8) is 0 Å². The summed E-state index contributed by atoms with van der Waals surface area (Å²) in [5, 5.41) is 1.88. The molecule has 0 saturated carbocycles. The number of benzene rings is 2. The van der Waals surface area contributed by atoms with E-state index in [9.17, 15) is 4.79 Å². The Morgan fingerprint density at radius 2 is 1.78 bits per heavy atom. The lowest BCUT2D eigenvalue weighted by atomic mass is 10.0. The Kier molecular flexibility index (Phi) is 3.82. The molecule has 0 fully saturated rings. The van der Waals surface area contributed by atoms with E-state index in [0.29, 0.717) is 24.5 Å². The highest BCUT2D eigenvalue weighted by molar-refractivity contribution is 5.99. The number of aldehydes is 1. The highest BCUT2D eigenvalue weighted by Gasteiger charge is 2.11. The van der Waals surface area contributed by atoms with Crippen molar-refractivity contribution in [2.45, 2.75) is 13.8 Å². The maximum absolute atomic E-state index is 11.0. The molecule has 3 nitrogen and oxygen atoms in total. The van der Waals surface area contributed by atoms with Gasteiger partial charge in [0.25, 0.3) is 0 Å². The number of fused-ring (bicyclic) bond motifs is 1. The third kappa shape index (κ3) is 2.16. The SMILES string of the molecule is CCOc1cccc2c(OCC)c(C=O)ccc12. The van der Waals surface area contributed by atoms with Gasteiger partial charge in [-0.2, -0.15) is 0 Å². The number of hydrogen-bond donors (Lipinski definition) is 0. The lowest BCUT2D eigenvalue weighted by Crippen LogP contribution is -1.98.